The van der Waals surface area contributed by atoms with Crippen LogP contribution < -0.4 is 11.1 Å². The summed E-state index contributed by atoms with van der Waals surface area (Å²) in [5.74, 6) is -0.115. The summed E-state index contributed by atoms with van der Waals surface area (Å²) in [5.41, 5.74) is 6.68. The molecule has 0 aliphatic rings. The van der Waals surface area contributed by atoms with E-state index in [1.807, 2.05) is 44.2 Å². The highest BCUT2D eigenvalue weighted by atomic mass is 16.2. The van der Waals surface area contributed by atoms with Crippen molar-refractivity contribution in [2.24, 2.45) is 5.73 Å². The maximum atomic E-state index is 11.7. The van der Waals surface area contributed by atoms with E-state index in [1.165, 1.54) is 0 Å². The van der Waals surface area contributed by atoms with Gasteiger partial charge in [-0.25, -0.2) is 0 Å². The summed E-state index contributed by atoms with van der Waals surface area (Å²) < 4.78 is 0. The summed E-state index contributed by atoms with van der Waals surface area (Å²) >= 11 is 0. The molecule has 0 spiro atoms. The molecule has 0 radical (unpaired) electrons. The molecule has 15 heavy (non-hydrogen) atoms. The highest BCUT2D eigenvalue weighted by molar-refractivity contribution is 5.83. The number of rotatable bonds is 4. The van der Waals surface area contributed by atoms with Gasteiger partial charge in [0.15, 0.2) is 0 Å². The normalized spacial score (nSPS) is 14.3. The second-order valence-corrected chi connectivity index (χ2v) is 3.71. The van der Waals surface area contributed by atoms with Gasteiger partial charge in [-0.15, -0.1) is 0 Å². The van der Waals surface area contributed by atoms with Gasteiger partial charge in [-0.3, -0.25) is 4.79 Å². The number of hydrogen-bond acceptors (Lipinski definition) is 2. The summed E-state index contributed by atoms with van der Waals surface area (Å²) in [7, 11) is 0. The predicted octanol–water partition coefficient (Wildman–Crippen LogP) is 1.60. The lowest BCUT2D eigenvalue weighted by Crippen LogP contribution is -2.39. The molecular formula is C12H18N2O. The summed E-state index contributed by atoms with van der Waals surface area (Å²) in [6.07, 6.45) is 0.910. The Kier molecular flexibility index (Phi) is 4.31. The number of carbonyl (C=O) groups is 1. The summed E-state index contributed by atoms with van der Waals surface area (Å²) in [4.78, 5) is 11.7. The van der Waals surface area contributed by atoms with E-state index in [4.69, 9.17) is 5.73 Å². The van der Waals surface area contributed by atoms with Gasteiger partial charge in [-0.2, -0.15) is 0 Å². The van der Waals surface area contributed by atoms with Crippen molar-refractivity contribution in [1.82, 2.24) is 5.32 Å². The van der Waals surface area contributed by atoms with Crippen LogP contribution in [0.3, 0.4) is 0 Å². The van der Waals surface area contributed by atoms with E-state index in [0.29, 0.717) is 0 Å². The second kappa shape index (κ2) is 5.51. The Balaban J connectivity index is 2.61. The first-order valence-electron chi connectivity index (χ1n) is 5.26. The molecule has 2 atom stereocenters. The van der Waals surface area contributed by atoms with E-state index in [-0.39, 0.29) is 11.9 Å². The number of hydrogen-bond donors (Lipinski definition) is 2. The van der Waals surface area contributed by atoms with Crippen molar-refractivity contribution < 1.29 is 4.79 Å². The molecule has 0 aliphatic carbocycles. The molecule has 1 aromatic carbocycles. The van der Waals surface area contributed by atoms with Crippen LogP contribution in [0.5, 0.6) is 0 Å². The van der Waals surface area contributed by atoms with Crippen molar-refractivity contribution in [3.8, 4) is 0 Å². The molecule has 82 valence electrons. The minimum atomic E-state index is -0.569. The van der Waals surface area contributed by atoms with Gasteiger partial charge >= 0.3 is 0 Å². The molecule has 0 heterocycles. The Morgan fingerprint density at radius 3 is 2.53 bits per heavy atom. The quantitative estimate of drug-likeness (QED) is 0.786. The first-order valence-corrected chi connectivity index (χ1v) is 5.26. The first kappa shape index (κ1) is 11.7. The average molecular weight is 206 g/mol. The zero-order valence-corrected chi connectivity index (χ0v) is 9.23. The third kappa shape index (κ3) is 3.36. The molecule has 3 N–H and O–H groups in total. The van der Waals surface area contributed by atoms with E-state index in [0.717, 1.165) is 12.0 Å². The Labute approximate surface area is 90.7 Å². The van der Waals surface area contributed by atoms with Crippen LogP contribution in [0.25, 0.3) is 0 Å². The van der Waals surface area contributed by atoms with Gasteiger partial charge in [0.2, 0.25) is 5.91 Å². The molecule has 0 saturated heterocycles. The van der Waals surface area contributed by atoms with Gasteiger partial charge in [0.25, 0.3) is 0 Å². The second-order valence-electron chi connectivity index (χ2n) is 3.71. The van der Waals surface area contributed by atoms with Crippen molar-refractivity contribution >= 4 is 5.91 Å². The Morgan fingerprint density at radius 2 is 2.00 bits per heavy atom. The molecule has 1 rings (SSSR count). The molecule has 1 unspecified atom stereocenters. The lowest BCUT2D eigenvalue weighted by atomic mass is 10.1. The molecule has 0 aromatic heterocycles. The third-order valence-electron chi connectivity index (χ3n) is 2.44. The van der Waals surface area contributed by atoms with Crippen molar-refractivity contribution in [1.29, 1.82) is 0 Å². The lowest BCUT2D eigenvalue weighted by molar-refractivity contribution is -0.123. The van der Waals surface area contributed by atoms with Gasteiger partial charge in [0.1, 0.15) is 6.04 Å². The van der Waals surface area contributed by atoms with E-state index in [9.17, 15) is 4.79 Å². The SMILES string of the molecule is CCC(C)NC(=O)[C@@H](N)c1ccccc1. The fourth-order valence-electron chi connectivity index (χ4n) is 1.25. The third-order valence-corrected chi connectivity index (χ3v) is 2.44. The monoisotopic (exact) mass is 206 g/mol. The molecule has 3 nitrogen and oxygen atoms in total. The predicted molar refractivity (Wildman–Crippen MR) is 61.3 cm³/mol. The lowest BCUT2D eigenvalue weighted by Gasteiger charge is -2.16. The van der Waals surface area contributed by atoms with Crippen molar-refractivity contribution in [3.05, 3.63) is 35.9 Å². The van der Waals surface area contributed by atoms with Gasteiger partial charge < -0.3 is 11.1 Å². The molecule has 1 amide bonds. The Bertz CT molecular complexity index is 311. The summed E-state index contributed by atoms with van der Waals surface area (Å²) in [6, 6.07) is 8.99. The van der Waals surface area contributed by atoms with Crippen LogP contribution in [0.4, 0.5) is 0 Å². The fraction of sp³-hybridized carbons (Fsp3) is 0.417. The summed E-state index contributed by atoms with van der Waals surface area (Å²) in [5, 5.41) is 2.86. The summed E-state index contributed by atoms with van der Waals surface area (Å²) in [6.45, 7) is 3.99. The van der Waals surface area contributed by atoms with Gasteiger partial charge in [0.05, 0.1) is 0 Å². The van der Waals surface area contributed by atoms with Crippen LogP contribution in [0.2, 0.25) is 0 Å². The number of benzene rings is 1. The molecule has 0 saturated carbocycles. The van der Waals surface area contributed by atoms with E-state index < -0.39 is 6.04 Å². The van der Waals surface area contributed by atoms with Crippen molar-refractivity contribution in [2.75, 3.05) is 0 Å². The Hall–Kier alpha value is -1.35. The van der Waals surface area contributed by atoms with Gasteiger partial charge in [-0.1, -0.05) is 37.3 Å². The zero-order valence-electron chi connectivity index (χ0n) is 9.23. The van der Waals surface area contributed by atoms with Gasteiger partial charge in [-0.05, 0) is 18.9 Å². The van der Waals surface area contributed by atoms with Crippen LogP contribution in [-0.2, 0) is 4.79 Å². The van der Waals surface area contributed by atoms with Crippen LogP contribution >= 0.6 is 0 Å². The van der Waals surface area contributed by atoms with E-state index >= 15 is 0 Å². The minimum Gasteiger partial charge on any atom is -0.352 e. The molecule has 0 aliphatic heterocycles. The number of carbonyl (C=O) groups excluding carboxylic acids is 1. The van der Waals surface area contributed by atoms with Crippen molar-refractivity contribution in [3.63, 3.8) is 0 Å². The highest BCUT2D eigenvalue weighted by Crippen LogP contribution is 2.09. The first-order chi connectivity index (χ1) is 7.15. The highest BCUT2D eigenvalue weighted by Gasteiger charge is 2.16. The van der Waals surface area contributed by atoms with E-state index in [1.54, 1.807) is 0 Å². The average Bonchev–Trinajstić information content (AvgIpc) is 2.29. The largest absolute Gasteiger partial charge is 0.352 e. The van der Waals surface area contributed by atoms with Crippen LogP contribution in [0, 0.1) is 0 Å². The standard InChI is InChI=1S/C12H18N2O/c1-3-9(2)14-12(15)11(13)10-7-5-4-6-8-10/h4-9,11H,3,13H2,1-2H3,(H,14,15)/t9?,11-/m0/s1. The molecular weight excluding hydrogens is 188 g/mol. The van der Waals surface area contributed by atoms with Crippen LogP contribution in [0.15, 0.2) is 30.3 Å². The number of nitrogens with one attached hydrogen (secondary N) is 1. The minimum absolute atomic E-state index is 0.115. The van der Waals surface area contributed by atoms with Crippen molar-refractivity contribution in [2.45, 2.75) is 32.4 Å². The topological polar surface area (TPSA) is 55.1 Å². The van der Waals surface area contributed by atoms with Gasteiger partial charge in [0, 0.05) is 6.04 Å². The van der Waals surface area contributed by atoms with Crippen LogP contribution in [-0.4, -0.2) is 11.9 Å². The number of nitrogens with two attached hydrogens (primary N) is 1. The smallest absolute Gasteiger partial charge is 0.241 e. The number of amides is 1. The fourth-order valence-corrected chi connectivity index (χ4v) is 1.25. The maximum Gasteiger partial charge on any atom is 0.241 e. The zero-order chi connectivity index (χ0) is 11.3. The molecule has 0 fully saturated rings. The van der Waals surface area contributed by atoms with Crippen LogP contribution in [0.1, 0.15) is 31.9 Å². The maximum absolute atomic E-state index is 11.7. The molecule has 0 bridgehead atoms. The molecule has 1 aromatic rings. The Morgan fingerprint density at radius 1 is 1.40 bits per heavy atom. The van der Waals surface area contributed by atoms with E-state index in [2.05, 4.69) is 5.32 Å². The molecule has 3 heteroatoms.